The Hall–Kier alpha value is -0.0800. The standard InChI is InChI=1S/C11H25NO/c1-4-8-12-9-6-5-7-10-13-11(2)3/h11-12H,4-10H2,1-3H3. The summed E-state index contributed by atoms with van der Waals surface area (Å²) in [7, 11) is 0. The Balaban J connectivity index is 2.84. The van der Waals surface area contributed by atoms with Gasteiger partial charge in [0.25, 0.3) is 0 Å². The van der Waals surface area contributed by atoms with Crippen LogP contribution in [0, 0.1) is 0 Å². The minimum absolute atomic E-state index is 0.387. The Kier molecular flexibility index (Phi) is 9.94. The lowest BCUT2D eigenvalue weighted by Crippen LogP contribution is -2.15. The molecule has 0 heterocycles. The molecular weight excluding hydrogens is 162 g/mol. The van der Waals surface area contributed by atoms with Crippen molar-refractivity contribution in [2.75, 3.05) is 19.7 Å². The van der Waals surface area contributed by atoms with Crippen LogP contribution in [0.4, 0.5) is 0 Å². The Morgan fingerprint density at radius 2 is 1.85 bits per heavy atom. The summed E-state index contributed by atoms with van der Waals surface area (Å²) in [5, 5.41) is 3.39. The molecule has 2 nitrogen and oxygen atoms in total. The van der Waals surface area contributed by atoms with Gasteiger partial charge in [0, 0.05) is 6.61 Å². The van der Waals surface area contributed by atoms with Crippen molar-refractivity contribution >= 4 is 0 Å². The molecule has 0 unspecified atom stereocenters. The minimum atomic E-state index is 0.387. The maximum atomic E-state index is 5.45. The van der Waals surface area contributed by atoms with E-state index in [4.69, 9.17) is 4.74 Å². The predicted octanol–water partition coefficient (Wildman–Crippen LogP) is 2.58. The molecule has 13 heavy (non-hydrogen) atoms. The van der Waals surface area contributed by atoms with Crippen LogP contribution in [-0.2, 0) is 4.74 Å². The highest BCUT2D eigenvalue weighted by Crippen LogP contribution is 1.97. The van der Waals surface area contributed by atoms with Gasteiger partial charge in [-0.1, -0.05) is 6.92 Å². The smallest absolute Gasteiger partial charge is 0.0518 e. The average molecular weight is 187 g/mol. The third-order valence-electron chi connectivity index (χ3n) is 1.88. The van der Waals surface area contributed by atoms with E-state index in [2.05, 4.69) is 26.1 Å². The summed E-state index contributed by atoms with van der Waals surface area (Å²) in [6.45, 7) is 9.61. The molecule has 0 aromatic carbocycles. The zero-order valence-electron chi connectivity index (χ0n) is 9.44. The van der Waals surface area contributed by atoms with E-state index in [0.29, 0.717) is 6.10 Å². The van der Waals surface area contributed by atoms with Crippen LogP contribution in [0.2, 0.25) is 0 Å². The number of ether oxygens (including phenoxy) is 1. The van der Waals surface area contributed by atoms with E-state index >= 15 is 0 Å². The number of nitrogens with one attached hydrogen (secondary N) is 1. The van der Waals surface area contributed by atoms with Crippen LogP contribution in [0.15, 0.2) is 0 Å². The van der Waals surface area contributed by atoms with Crippen molar-refractivity contribution in [3.05, 3.63) is 0 Å². The van der Waals surface area contributed by atoms with Gasteiger partial charge in [0.1, 0.15) is 0 Å². The molecule has 0 radical (unpaired) electrons. The Morgan fingerprint density at radius 3 is 2.46 bits per heavy atom. The molecule has 80 valence electrons. The van der Waals surface area contributed by atoms with E-state index in [1.165, 1.54) is 25.7 Å². The fourth-order valence-corrected chi connectivity index (χ4v) is 1.15. The lowest BCUT2D eigenvalue weighted by molar-refractivity contribution is 0.0758. The van der Waals surface area contributed by atoms with Crippen LogP contribution in [0.5, 0.6) is 0 Å². The largest absolute Gasteiger partial charge is 0.379 e. The molecule has 0 saturated carbocycles. The second kappa shape index (κ2) is 10.0. The molecule has 2 heteroatoms. The SMILES string of the molecule is CCCNCCCCCOC(C)C. The van der Waals surface area contributed by atoms with Gasteiger partial charge in [-0.3, -0.25) is 0 Å². The number of unbranched alkanes of at least 4 members (excludes halogenated alkanes) is 2. The normalized spacial score (nSPS) is 11.1. The first-order chi connectivity index (χ1) is 6.27. The molecule has 0 rings (SSSR count). The zero-order valence-corrected chi connectivity index (χ0v) is 9.44. The zero-order chi connectivity index (χ0) is 9.94. The molecule has 0 atom stereocenters. The molecule has 0 aromatic rings. The molecule has 0 aliphatic carbocycles. The summed E-state index contributed by atoms with van der Waals surface area (Å²) in [6.07, 6.45) is 5.38. The molecule has 0 amide bonds. The average Bonchev–Trinajstić information content (AvgIpc) is 2.09. The van der Waals surface area contributed by atoms with E-state index in [1.807, 2.05) is 0 Å². The fraction of sp³-hybridized carbons (Fsp3) is 1.00. The highest BCUT2D eigenvalue weighted by atomic mass is 16.5. The van der Waals surface area contributed by atoms with Gasteiger partial charge in [-0.05, 0) is 52.6 Å². The Labute approximate surface area is 83.1 Å². The maximum absolute atomic E-state index is 5.45. The molecule has 0 aliphatic heterocycles. The summed E-state index contributed by atoms with van der Waals surface area (Å²) in [5.74, 6) is 0. The van der Waals surface area contributed by atoms with Crippen molar-refractivity contribution in [1.29, 1.82) is 0 Å². The summed E-state index contributed by atoms with van der Waals surface area (Å²) >= 11 is 0. The lowest BCUT2D eigenvalue weighted by Gasteiger charge is -2.07. The summed E-state index contributed by atoms with van der Waals surface area (Å²) in [5.41, 5.74) is 0. The van der Waals surface area contributed by atoms with Crippen molar-refractivity contribution in [1.82, 2.24) is 5.32 Å². The van der Waals surface area contributed by atoms with Crippen LogP contribution in [0.1, 0.15) is 46.5 Å². The van der Waals surface area contributed by atoms with Gasteiger partial charge in [-0.25, -0.2) is 0 Å². The third kappa shape index (κ3) is 11.9. The molecule has 0 fully saturated rings. The van der Waals surface area contributed by atoms with Gasteiger partial charge in [-0.2, -0.15) is 0 Å². The molecule has 0 spiro atoms. The second-order valence-electron chi connectivity index (χ2n) is 3.73. The first-order valence-electron chi connectivity index (χ1n) is 5.59. The highest BCUT2D eigenvalue weighted by Gasteiger charge is 1.93. The van der Waals surface area contributed by atoms with Gasteiger partial charge < -0.3 is 10.1 Å². The summed E-state index contributed by atoms with van der Waals surface area (Å²) in [4.78, 5) is 0. The van der Waals surface area contributed by atoms with Crippen molar-refractivity contribution in [3.8, 4) is 0 Å². The molecule has 0 aliphatic rings. The van der Waals surface area contributed by atoms with Crippen molar-refractivity contribution in [2.24, 2.45) is 0 Å². The van der Waals surface area contributed by atoms with E-state index in [-0.39, 0.29) is 0 Å². The summed E-state index contributed by atoms with van der Waals surface area (Å²) < 4.78 is 5.45. The van der Waals surface area contributed by atoms with Gasteiger partial charge >= 0.3 is 0 Å². The van der Waals surface area contributed by atoms with E-state index in [1.54, 1.807) is 0 Å². The maximum Gasteiger partial charge on any atom is 0.0518 e. The van der Waals surface area contributed by atoms with Crippen LogP contribution >= 0.6 is 0 Å². The molecule has 0 aromatic heterocycles. The number of hydrogen-bond acceptors (Lipinski definition) is 2. The van der Waals surface area contributed by atoms with Gasteiger partial charge in [0.15, 0.2) is 0 Å². The topological polar surface area (TPSA) is 21.3 Å². The fourth-order valence-electron chi connectivity index (χ4n) is 1.15. The van der Waals surface area contributed by atoms with Crippen LogP contribution < -0.4 is 5.32 Å². The third-order valence-corrected chi connectivity index (χ3v) is 1.88. The van der Waals surface area contributed by atoms with Gasteiger partial charge in [0.2, 0.25) is 0 Å². The number of rotatable bonds is 9. The van der Waals surface area contributed by atoms with Crippen LogP contribution in [0.3, 0.4) is 0 Å². The first-order valence-corrected chi connectivity index (χ1v) is 5.59. The Bertz CT molecular complexity index is 94.1. The van der Waals surface area contributed by atoms with Crippen molar-refractivity contribution in [3.63, 3.8) is 0 Å². The molecule has 0 saturated heterocycles. The van der Waals surface area contributed by atoms with Crippen molar-refractivity contribution < 1.29 is 4.74 Å². The molecule has 0 bridgehead atoms. The van der Waals surface area contributed by atoms with Gasteiger partial charge in [0.05, 0.1) is 6.10 Å². The molecule has 1 N–H and O–H groups in total. The minimum Gasteiger partial charge on any atom is -0.379 e. The second-order valence-corrected chi connectivity index (χ2v) is 3.73. The molecular formula is C11H25NO. The first kappa shape index (κ1) is 12.9. The monoisotopic (exact) mass is 187 g/mol. The van der Waals surface area contributed by atoms with E-state index in [0.717, 1.165) is 19.7 Å². The Morgan fingerprint density at radius 1 is 1.08 bits per heavy atom. The number of hydrogen-bond donors (Lipinski definition) is 1. The predicted molar refractivity (Wildman–Crippen MR) is 58.1 cm³/mol. The van der Waals surface area contributed by atoms with E-state index < -0.39 is 0 Å². The quantitative estimate of drug-likeness (QED) is 0.560. The van der Waals surface area contributed by atoms with Crippen LogP contribution in [-0.4, -0.2) is 25.8 Å². The lowest BCUT2D eigenvalue weighted by atomic mass is 10.2. The van der Waals surface area contributed by atoms with Gasteiger partial charge in [-0.15, -0.1) is 0 Å². The summed E-state index contributed by atoms with van der Waals surface area (Å²) in [6, 6.07) is 0. The van der Waals surface area contributed by atoms with E-state index in [9.17, 15) is 0 Å². The van der Waals surface area contributed by atoms with Crippen molar-refractivity contribution in [2.45, 2.75) is 52.6 Å². The highest BCUT2D eigenvalue weighted by molar-refractivity contribution is 4.48. The van der Waals surface area contributed by atoms with Crippen LogP contribution in [0.25, 0.3) is 0 Å².